The van der Waals surface area contributed by atoms with Crippen molar-refractivity contribution in [2.45, 2.75) is 27.7 Å². The zero-order valence-corrected chi connectivity index (χ0v) is 14.0. The van der Waals surface area contributed by atoms with Gasteiger partial charge in [0.1, 0.15) is 0 Å². The van der Waals surface area contributed by atoms with Gasteiger partial charge >= 0.3 is 0 Å². The quantitative estimate of drug-likeness (QED) is 0.474. The second-order valence-electron chi connectivity index (χ2n) is 4.81. The van der Waals surface area contributed by atoms with E-state index < -0.39 is 0 Å². The molecule has 0 saturated carbocycles. The first-order chi connectivity index (χ1) is 10.7. The highest BCUT2D eigenvalue weighted by molar-refractivity contribution is 6.01. The van der Waals surface area contributed by atoms with Gasteiger partial charge in [0.05, 0.1) is 5.70 Å². The molecule has 0 fully saturated rings. The summed E-state index contributed by atoms with van der Waals surface area (Å²) in [6.45, 7) is 12.0. The van der Waals surface area contributed by atoms with E-state index in [1.165, 1.54) is 0 Å². The van der Waals surface area contributed by atoms with Crippen molar-refractivity contribution in [1.82, 2.24) is 0 Å². The molecule has 0 saturated heterocycles. The van der Waals surface area contributed by atoms with E-state index in [2.05, 4.69) is 30.8 Å². The van der Waals surface area contributed by atoms with Gasteiger partial charge < -0.3 is 0 Å². The molecule has 0 aliphatic rings. The SMILES string of the molecule is C=C(C)/C=C(\N=C(C)c1ccccc1)c1ccccc1.CC. The Hall–Kier alpha value is -2.41. The van der Waals surface area contributed by atoms with E-state index in [1.54, 1.807) is 0 Å². The van der Waals surface area contributed by atoms with Crippen molar-refractivity contribution in [3.8, 4) is 0 Å². The molecule has 0 spiro atoms. The largest absolute Gasteiger partial charge is 0.253 e. The van der Waals surface area contributed by atoms with Gasteiger partial charge in [-0.1, -0.05) is 86.7 Å². The van der Waals surface area contributed by atoms with Crippen molar-refractivity contribution in [3.05, 3.63) is 90.0 Å². The minimum absolute atomic E-state index is 0.944. The van der Waals surface area contributed by atoms with Crippen molar-refractivity contribution in [1.29, 1.82) is 0 Å². The molecule has 0 unspecified atom stereocenters. The summed E-state index contributed by atoms with van der Waals surface area (Å²) in [5.41, 5.74) is 5.18. The molecule has 0 radical (unpaired) electrons. The van der Waals surface area contributed by atoms with Gasteiger partial charge in [0.2, 0.25) is 0 Å². The van der Waals surface area contributed by atoms with Crippen LogP contribution in [0.4, 0.5) is 0 Å². The molecule has 0 atom stereocenters. The highest BCUT2D eigenvalue weighted by Crippen LogP contribution is 2.19. The van der Waals surface area contributed by atoms with Crippen LogP contribution in [0.5, 0.6) is 0 Å². The lowest BCUT2D eigenvalue weighted by atomic mass is 10.1. The van der Waals surface area contributed by atoms with Crippen LogP contribution in [-0.4, -0.2) is 5.71 Å². The third-order valence-electron chi connectivity index (χ3n) is 2.93. The minimum Gasteiger partial charge on any atom is -0.253 e. The van der Waals surface area contributed by atoms with Crippen molar-refractivity contribution < 1.29 is 0 Å². The lowest BCUT2D eigenvalue weighted by molar-refractivity contribution is 1.44. The molecule has 114 valence electrons. The van der Waals surface area contributed by atoms with Gasteiger partial charge in [-0.15, -0.1) is 0 Å². The molecule has 0 amide bonds. The molecule has 0 aliphatic heterocycles. The van der Waals surface area contributed by atoms with Crippen LogP contribution in [0, 0.1) is 0 Å². The van der Waals surface area contributed by atoms with Gasteiger partial charge in [-0.3, -0.25) is 4.99 Å². The number of benzene rings is 2. The van der Waals surface area contributed by atoms with Crippen molar-refractivity contribution in [2.75, 3.05) is 0 Å². The second-order valence-corrected chi connectivity index (χ2v) is 4.81. The van der Waals surface area contributed by atoms with Gasteiger partial charge in [0, 0.05) is 11.3 Å². The van der Waals surface area contributed by atoms with Crippen LogP contribution in [0.15, 0.2) is 83.9 Å². The highest BCUT2D eigenvalue weighted by Gasteiger charge is 2.02. The first-order valence-corrected chi connectivity index (χ1v) is 7.70. The maximum Gasteiger partial charge on any atom is 0.0707 e. The van der Waals surface area contributed by atoms with Crippen LogP contribution in [-0.2, 0) is 0 Å². The molecular formula is C21H25N. The Balaban J connectivity index is 0.00000116. The third-order valence-corrected chi connectivity index (χ3v) is 2.93. The Morgan fingerprint density at radius 2 is 1.27 bits per heavy atom. The van der Waals surface area contributed by atoms with Gasteiger partial charge in [-0.25, -0.2) is 0 Å². The summed E-state index contributed by atoms with van der Waals surface area (Å²) < 4.78 is 0. The molecule has 0 N–H and O–H groups in total. The summed E-state index contributed by atoms with van der Waals surface area (Å²) in [7, 11) is 0. The summed E-state index contributed by atoms with van der Waals surface area (Å²) in [6, 6.07) is 20.4. The number of aliphatic imine (C=N–C) groups is 1. The maximum atomic E-state index is 4.77. The predicted molar refractivity (Wildman–Crippen MR) is 99.2 cm³/mol. The Labute approximate surface area is 134 Å². The first-order valence-electron chi connectivity index (χ1n) is 7.70. The number of allylic oxidation sites excluding steroid dienone is 2. The van der Waals surface area contributed by atoms with Crippen LogP contribution >= 0.6 is 0 Å². The van der Waals surface area contributed by atoms with E-state index >= 15 is 0 Å². The standard InChI is InChI=1S/C19H19N.C2H6/c1-15(2)14-19(18-12-8-5-9-13-18)20-16(3)17-10-6-4-7-11-17;1-2/h4-14H,1H2,2-3H3;1-2H3/b19-14-,20-16?;. The number of hydrogen-bond donors (Lipinski definition) is 0. The lowest BCUT2D eigenvalue weighted by Gasteiger charge is -2.06. The number of nitrogens with zero attached hydrogens (tertiary/aromatic N) is 1. The van der Waals surface area contributed by atoms with Gasteiger partial charge in [0.15, 0.2) is 0 Å². The van der Waals surface area contributed by atoms with Crippen molar-refractivity contribution in [3.63, 3.8) is 0 Å². The Morgan fingerprint density at radius 1 is 0.818 bits per heavy atom. The van der Waals surface area contributed by atoms with Crippen molar-refractivity contribution >= 4 is 11.4 Å². The predicted octanol–water partition coefficient (Wildman–Crippen LogP) is 6.14. The van der Waals surface area contributed by atoms with Crippen LogP contribution < -0.4 is 0 Å². The summed E-state index contributed by atoms with van der Waals surface area (Å²) in [6.07, 6.45) is 2.02. The molecule has 0 bridgehead atoms. The number of rotatable bonds is 4. The van der Waals surface area contributed by atoms with E-state index in [0.717, 1.165) is 28.1 Å². The Morgan fingerprint density at radius 3 is 1.73 bits per heavy atom. The van der Waals surface area contributed by atoms with Crippen molar-refractivity contribution in [2.24, 2.45) is 4.99 Å². The van der Waals surface area contributed by atoms with E-state index in [1.807, 2.05) is 70.2 Å². The summed E-state index contributed by atoms with van der Waals surface area (Å²) in [4.78, 5) is 4.77. The van der Waals surface area contributed by atoms with E-state index in [-0.39, 0.29) is 0 Å². The van der Waals surface area contributed by atoms with E-state index in [0.29, 0.717) is 0 Å². The Bertz CT molecular complexity index is 634. The maximum absolute atomic E-state index is 4.77. The monoisotopic (exact) mass is 291 g/mol. The molecule has 0 aliphatic carbocycles. The van der Waals surface area contributed by atoms with Crippen LogP contribution in [0.25, 0.3) is 5.70 Å². The average Bonchev–Trinajstić information content (AvgIpc) is 2.57. The highest BCUT2D eigenvalue weighted by atomic mass is 14.8. The first kappa shape index (κ1) is 17.6. The smallest absolute Gasteiger partial charge is 0.0707 e. The zero-order valence-electron chi connectivity index (χ0n) is 14.0. The van der Waals surface area contributed by atoms with E-state index in [9.17, 15) is 0 Å². The number of hydrogen-bond acceptors (Lipinski definition) is 1. The lowest BCUT2D eigenvalue weighted by Crippen LogP contribution is -1.95. The fourth-order valence-electron chi connectivity index (χ4n) is 1.95. The summed E-state index contributed by atoms with van der Waals surface area (Å²) >= 11 is 0. The molecule has 2 aromatic carbocycles. The van der Waals surface area contributed by atoms with Gasteiger partial charge in [-0.2, -0.15) is 0 Å². The third kappa shape index (κ3) is 5.53. The second kappa shape index (κ2) is 9.51. The minimum atomic E-state index is 0.944. The molecule has 22 heavy (non-hydrogen) atoms. The van der Waals surface area contributed by atoms with Crippen LogP contribution in [0.2, 0.25) is 0 Å². The zero-order chi connectivity index (χ0) is 16.4. The van der Waals surface area contributed by atoms with Crippen LogP contribution in [0.3, 0.4) is 0 Å². The Kier molecular flexibility index (Phi) is 7.63. The molecule has 0 aromatic heterocycles. The van der Waals surface area contributed by atoms with Gasteiger partial charge in [0.25, 0.3) is 0 Å². The summed E-state index contributed by atoms with van der Waals surface area (Å²) in [5, 5.41) is 0. The molecule has 1 heteroatoms. The normalized spacial score (nSPS) is 11.5. The van der Waals surface area contributed by atoms with E-state index in [4.69, 9.17) is 4.99 Å². The molecule has 2 aromatic rings. The molecule has 1 nitrogen and oxygen atoms in total. The topological polar surface area (TPSA) is 12.4 Å². The van der Waals surface area contributed by atoms with Crippen LogP contribution in [0.1, 0.15) is 38.8 Å². The summed E-state index contributed by atoms with van der Waals surface area (Å²) in [5.74, 6) is 0. The molecular weight excluding hydrogens is 266 g/mol. The molecule has 2 rings (SSSR count). The molecule has 0 heterocycles. The fraction of sp³-hybridized carbons (Fsp3) is 0.190. The fourth-order valence-corrected chi connectivity index (χ4v) is 1.95. The average molecular weight is 291 g/mol. The van der Waals surface area contributed by atoms with Gasteiger partial charge in [-0.05, 0) is 25.5 Å².